The number of hydrogen-bond acceptors (Lipinski definition) is 4. The molecule has 6 heteroatoms. The number of aliphatic hydroxyl groups is 1. The van der Waals surface area contributed by atoms with Crippen molar-refractivity contribution in [1.82, 2.24) is 15.6 Å². The summed E-state index contributed by atoms with van der Waals surface area (Å²) >= 11 is 1.56. The third kappa shape index (κ3) is 3.64. The van der Waals surface area contributed by atoms with Crippen molar-refractivity contribution in [2.45, 2.75) is 24.9 Å². The summed E-state index contributed by atoms with van der Waals surface area (Å²) in [6.07, 6.45) is 3.99. The Hall–Kier alpha value is -1.92. The number of aromatic nitrogens is 1. The highest BCUT2D eigenvalue weighted by Gasteiger charge is 2.35. The van der Waals surface area contributed by atoms with E-state index >= 15 is 0 Å². The maximum atomic E-state index is 12.3. The first-order valence-corrected chi connectivity index (χ1v) is 8.28. The molecule has 0 bridgehead atoms. The van der Waals surface area contributed by atoms with Crippen LogP contribution in [0.25, 0.3) is 0 Å². The fraction of sp³-hybridized carbons (Fsp3) is 0.375. The number of thiazole rings is 1. The molecule has 0 radical (unpaired) electrons. The van der Waals surface area contributed by atoms with E-state index in [4.69, 9.17) is 0 Å². The molecule has 3 rings (SSSR count). The molecule has 1 heterocycles. The van der Waals surface area contributed by atoms with Crippen LogP contribution in [0.4, 0.5) is 4.79 Å². The van der Waals surface area contributed by atoms with E-state index in [-0.39, 0.29) is 18.7 Å². The summed E-state index contributed by atoms with van der Waals surface area (Å²) in [4.78, 5) is 16.6. The van der Waals surface area contributed by atoms with Gasteiger partial charge in [0.15, 0.2) is 0 Å². The van der Waals surface area contributed by atoms with E-state index in [9.17, 15) is 9.90 Å². The van der Waals surface area contributed by atoms with Gasteiger partial charge < -0.3 is 15.7 Å². The lowest BCUT2D eigenvalue weighted by Gasteiger charge is -2.21. The van der Waals surface area contributed by atoms with Gasteiger partial charge in [-0.3, -0.25) is 0 Å². The van der Waals surface area contributed by atoms with E-state index in [2.05, 4.69) is 15.6 Å². The van der Waals surface area contributed by atoms with Crippen LogP contribution in [0.5, 0.6) is 0 Å². The highest BCUT2D eigenvalue weighted by molar-refractivity contribution is 7.09. The fourth-order valence-corrected chi connectivity index (χ4v) is 3.24. The van der Waals surface area contributed by atoms with Crippen LogP contribution in [0.15, 0.2) is 41.9 Å². The number of carbonyl (C=O) groups excluding carboxylic acids is 1. The Balaban J connectivity index is 1.63. The quantitative estimate of drug-likeness (QED) is 0.767. The smallest absolute Gasteiger partial charge is 0.315 e. The molecule has 0 spiro atoms. The minimum Gasteiger partial charge on any atom is -0.394 e. The van der Waals surface area contributed by atoms with Crippen LogP contribution in [0, 0.1) is 5.92 Å². The molecule has 1 aliphatic carbocycles. The van der Waals surface area contributed by atoms with Crippen LogP contribution in [-0.4, -0.2) is 22.7 Å². The minimum atomic E-state index is -0.405. The van der Waals surface area contributed by atoms with Crippen molar-refractivity contribution >= 4 is 17.4 Å². The lowest BCUT2D eigenvalue weighted by Crippen LogP contribution is -2.41. The molecule has 2 aromatic rings. The van der Waals surface area contributed by atoms with Crippen molar-refractivity contribution in [3.05, 3.63) is 52.5 Å². The Morgan fingerprint density at radius 2 is 2.09 bits per heavy atom. The summed E-state index contributed by atoms with van der Waals surface area (Å²) in [7, 11) is 0. The van der Waals surface area contributed by atoms with Gasteiger partial charge in [-0.2, -0.15) is 0 Å². The first-order valence-electron chi connectivity index (χ1n) is 7.40. The van der Waals surface area contributed by atoms with Crippen LogP contribution in [0.1, 0.15) is 35.5 Å². The van der Waals surface area contributed by atoms with E-state index in [0.717, 1.165) is 23.4 Å². The van der Waals surface area contributed by atoms with Crippen molar-refractivity contribution < 1.29 is 9.90 Å². The molecule has 22 heavy (non-hydrogen) atoms. The van der Waals surface area contributed by atoms with E-state index in [0.29, 0.717) is 5.92 Å². The van der Waals surface area contributed by atoms with E-state index in [1.807, 2.05) is 35.7 Å². The average molecular weight is 317 g/mol. The van der Waals surface area contributed by atoms with Crippen molar-refractivity contribution in [3.63, 3.8) is 0 Å². The molecule has 1 aliphatic rings. The van der Waals surface area contributed by atoms with Gasteiger partial charge in [-0.05, 0) is 24.3 Å². The molecule has 1 aromatic carbocycles. The Morgan fingerprint density at radius 3 is 2.68 bits per heavy atom. The predicted molar refractivity (Wildman–Crippen MR) is 85.5 cm³/mol. The Labute approximate surface area is 133 Å². The SMILES string of the molecule is O=C(NC(CO)c1ccccc1)NC(c1nccs1)C1CC1. The van der Waals surface area contributed by atoms with Gasteiger partial charge in [0.25, 0.3) is 0 Å². The number of nitrogens with one attached hydrogen (secondary N) is 2. The largest absolute Gasteiger partial charge is 0.394 e. The van der Waals surface area contributed by atoms with Gasteiger partial charge in [-0.25, -0.2) is 9.78 Å². The maximum Gasteiger partial charge on any atom is 0.315 e. The normalized spacial score (nSPS) is 16.8. The fourth-order valence-electron chi connectivity index (χ4n) is 2.46. The zero-order chi connectivity index (χ0) is 15.4. The maximum absolute atomic E-state index is 12.3. The van der Waals surface area contributed by atoms with E-state index in [1.54, 1.807) is 17.5 Å². The molecule has 1 fully saturated rings. The second-order valence-electron chi connectivity index (χ2n) is 5.45. The van der Waals surface area contributed by atoms with Gasteiger partial charge in [-0.1, -0.05) is 30.3 Å². The molecule has 5 nitrogen and oxygen atoms in total. The molecule has 0 aliphatic heterocycles. The zero-order valence-corrected chi connectivity index (χ0v) is 12.9. The van der Waals surface area contributed by atoms with Gasteiger partial charge in [0.2, 0.25) is 0 Å². The Kier molecular flexibility index (Phi) is 4.70. The summed E-state index contributed by atoms with van der Waals surface area (Å²) in [5, 5.41) is 18.2. The molecule has 1 saturated carbocycles. The summed E-state index contributed by atoms with van der Waals surface area (Å²) in [5.41, 5.74) is 0.886. The number of benzene rings is 1. The topological polar surface area (TPSA) is 74.2 Å². The summed E-state index contributed by atoms with van der Waals surface area (Å²) in [6.45, 7) is -0.136. The molecule has 2 unspecified atom stereocenters. The minimum absolute atomic E-state index is 0.0323. The lowest BCUT2D eigenvalue weighted by molar-refractivity contribution is 0.213. The number of nitrogens with zero attached hydrogens (tertiary/aromatic N) is 1. The van der Waals surface area contributed by atoms with Crippen LogP contribution < -0.4 is 10.6 Å². The number of amides is 2. The van der Waals surface area contributed by atoms with Gasteiger partial charge in [0.1, 0.15) is 5.01 Å². The van der Waals surface area contributed by atoms with E-state index in [1.165, 1.54) is 0 Å². The standard InChI is InChI=1S/C16H19N3O2S/c20-10-13(11-4-2-1-3-5-11)18-16(21)19-14(12-6-7-12)15-17-8-9-22-15/h1-5,8-9,12-14,20H,6-7,10H2,(H2,18,19,21). The predicted octanol–water partition coefficient (Wildman–Crippen LogP) is 2.63. The number of aliphatic hydroxyl groups excluding tert-OH is 1. The van der Waals surface area contributed by atoms with Gasteiger partial charge >= 0.3 is 6.03 Å². The second-order valence-corrected chi connectivity index (χ2v) is 6.38. The monoisotopic (exact) mass is 317 g/mol. The molecule has 3 N–H and O–H groups in total. The number of urea groups is 1. The number of carbonyl (C=O) groups is 1. The highest BCUT2D eigenvalue weighted by Crippen LogP contribution is 2.41. The molecule has 116 valence electrons. The summed E-state index contributed by atoms with van der Waals surface area (Å²) in [5.74, 6) is 0.473. The molecule has 2 atom stereocenters. The summed E-state index contributed by atoms with van der Waals surface area (Å²) in [6, 6.07) is 8.76. The van der Waals surface area contributed by atoms with Gasteiger partial charge in [0, 0.05) is 11.6 Å². The summed E-state index contributed by atoms with van der Waals surface area (Å²) < 4.78 is 0. The van der Waals surface area contributed by atoms with E-state index < -0.39 is 6.04 Å². The van der Waals surface area contributed by atoms with Crippen LogP contribution in [0.3, 0.4) is 0 Å². The van der Waals surface area contributed by atoms with Gasteiger partial charge in [-0.15, -0.1) is 11.3 Å². The third-order valence-electron chi connectivity index (χ3n) is 3.79. The third-order valence-corrected chi connectivity index (χ3v) is 4.65. The first kappa shape index (κ1) is 15.0. The first-order chi connectivity index (χ1) is 10.8. The molecular weight excluding hydrogens is 298 g/mol. The molecule has 2 amide bonds. The molecule has 1 aromatic heterocycles. The van der Waals surface area contributed by atoms with Crippen molar-refractivity contribution in [2.75, 3.05) is 6.61 Å². The zero-order valence-electron chi connectivity index (χ0n) is 12.1. The van der Waals surface area contributed by atoms with Crippen LogP contribution in [0.2, 0.25) is 0 Å². The number of hydrogen-bond donors (Lipinski definition) is 3. The van der Waals surface area contributed by atoms with Crippen molar-refractivity contribution in [1.29, 1.82) is 0 Å². The molecule has 0 saturated heterocycles. The van der Waals surface area contributed by atoms with Crippen LogP contribution in [-0.2, 0) is 0 Å². The highest BCUT2D eigenvalue weighted by atomic mass is 32.1. The lowest BCUT2D eigenvalue weighted by atomic mass is 10.1. The molecular formula is C16H19N3O2S. The second kappa shape index (κ2) is 6.89. The Morgan fingerprint density at radius 1 is 1.32 bits per heavy atom. The van der Waals surface area contributed by atoms with Crippen molar-refractivity contribution in [3.8, 4) is 0 Å². The van der Waals surface area contributed by atoms with Crippen LogP contribution >= 0.6 is 11.3 Å². The Bertz CT molecular complexity index is 599. The van der Waals surface area contributed by atoms with Gasteiger partial charge in [0.05, 0.1) is 18.7 Å². The van der Waals surface area contributed by atoms with Crippen molar-refractivity contribution in [2.24, 2.45) is 5.92 Å². The average Bonchev–Trinajstić information content (AvgIpc) is 3.25. The number of rotatable bonds is 6.